The number of hydrogen-bond donors (Lipinski definition) is 1. The van der Waals surface area contributed by atoms with Crippen LogP contribution in [0.2, 0.25) is 0 Å². The summed E-state index contributed by atoms with van der Waals surface area (Å²) in [7, 11) is 0. The number of nitrogens with one attached hydrogen (secondary N) is 1. The number of amides is 1. The topological polar surface area (TPSA) is 62.4 Å². The predicted octanol–water partition coefficient (Wildman–Crippen LogP) is 3.89. The highest BCUT2D eigenvalue weighted by atomic mass is 79.9. The van der Waals surface area contributed by atoms with Gasteiger partial charge in [0.15, 0.2) is 6.61 Å². The van der Waals surface area contributed by atoms with Gasteiger partial charge in [0.05, 0.1) is 11.5 Å². The van der Waals surface area contributed by atoms with Gasteiger partial charge in [-0.15, -0.1) is 0 Å². The minimum absolute atomic E-state index is 0.0112. The number of fused-ring (bicyclic) bond motifs is 1. The number of hydrogen-bond acceptors (Lipinski definition) is 3. The number of ether oxygens (including phenoxy) is 1. The minimum atomic E-state index is -4.33. The summed E-state index contributed by atoms with van der Waals surface area (Å²) < 4.78 is 44.3. The van der Waals surface area contributed by atoms with Crippen molar-refractivity contribution in [2.45, 2.75) is 19.0 Å². The smallest absolute Gasteiger partial charge is 0.393 e. The second-order valence-corrected chi connectivity index (χ2v) is 7.10. The summed E-state index contributed by atoms with van der Waals surface area (Å²) in [6, 6.07) is 5.33. The van der Waals surface area contributed by atoms with E-state index in [0.717, 1.165) is 14.9 Å². The van der Waals surface area contributed by atoms with Crippen LogP contribution in [0.15, 0.2) is 28.9 Å². The van der Waals surface area contributed by atoms with Crippen LogP contribution in [-0.2, 0) is 9.53 Å². The minimum Gasteiger partial charge on any atom is -0.452 e. The molecule has 1 saturated heterocycles. The third-order valence-electron chi connectivity index (χ3n) is 4.43. The maximum atomic E-state index is 12.8. The van der Waals surface area contributed by atoms with Crippen LogP contribution in [0, 0.1) is 5.92 Å². The first kappa shape index (κ1) is 18.8. The van der Waals surface area contributed by atoms with Crippen LogP contribution >= 0.6 is 15.9 Å². The molecule has 1 amide bonds. The number of likely N-dealkylation sites (tertiary alicyclic amines) is 1. The molecule has 3 rings (SSSR count). The molecular weight excluding hydrogens is 417 g/mol. The zero-order valence-corrected chi connectivity index (χ0v) is 15.2. The molecule has 0 spiro atoms. The summed E-state index contributed by atoms with van der Waals surface area (Å²) in [6.07, 6.45) is -2.56. The number of nitrogens with zero attached hydrogens (tertiary/aromatic N) is 1. The molecule has 0 unspecified atom stereocenters. The molecule has 2 heterocycles. The molecule has 2 aromatic rings. The van der Waals surface area contributed by atoms with Gasteiger partial charge in [0.1, 0.15) is 0 Å². The molecule has 26 heavy (non-hydrogen) atoms. The summed E-state index contributed by atoms with van der Waals surface area (Å²) in [6.45, 7) is -0.729. The quantitative estimate of drug-likeness (QED) is 0.748. The molecule has 1 N–H and O–H groups in total. The van der Waals surface area contributed by atoms with Crippen LogP contribution in [0.4, 0.5) is 13.2 Å². The van der Waals surface area contributed by atoms with Crippen LogP contribution < -0.4 is 0 Å². The van der Waals surface area contributed by atoms with Crippen LogP contribution in [-0.4, -0.2) is 47.6 Å². The van der Waals surface area contributed by atoms with Crippen LogP contribution in [0.5, 0.6) is 0 Å². The lowest BCUT2D eigenvalue weighted by Gasteiger charge is -2.33. The summed E-state index contributed by atoms with van der Waals surface area (Å²) in [4.78, 5) is 28.4. The molecule has 9 heteroatoms. The van der Waals surface area contributed by atoms with Gasteiger partial charge >= 0.3 is 12.1 Å². The summed E-state index contributed by atoms with van der Waals surface area (Å²) in [5, 5.41) is 0.631. The Labute approximate surface area is 155 Å². The van der Waals surface area contributed by atoms with E-state index < -0.39 is 30.6 Å². The Bertz CT molecular complexity index is 834. The van der Waals surface area contributed by atoms with Crippen molar-refractivity contribution >= 4 is 38.7 Å². The lowest BCUT2D eigenvalue weighted by molar-refractivity contribution is -0.188. The van der Waals surface area contributed by atoms with Gasteiger partial charge in [0.25, 0.3) is 5.91 Å². The van der Waals surface area contributed by atoms with Gasteiger partial charge in [0, 0.05) is 34.7 Å². The van der Waals surface area contributed by atoms with Gasteiger partial charge in [0.2, 0.25) is 0 Å². The molecule has 0 saturated carbocycles. The second kappa shape index (κ2) is 7.30. The second-order valence-electron chi connectivity index (χ2n) is 6.19. The van der Waals surface area contributed by atoms with E-state index >= 15 is 0 Å². The molecule has 0 radical (unpaired) electrons. The Morgan fingerprint density at radius 3 is 2.85 bits per heavy atom. The average molecular weight is 433 g/mol. The number of piperidine rings is 1. The molecule has 1 aliphatic heterocycles. The van der Waals surface area contributed by atoms with Gasteiger partial charge < -0.3 is 14.6 Å². The maximum Gasteiger partial charge on any atom is 0.393 e. The highest BCUT2D eigenvalue weighted by Gasteiger charge is 2.42. The lowest BCUT2D eigenvalue weighted by Crippen LogP contribution is -2.46. The number of H-pyrrole nitrogens is 1. The molecular formula is C17H16BrF3N2O3. The van der Waals surface area contributed by atoms with Gasteiger partial charge in [-0.3, -0.25) is 4.79 Å². The van der Waals surface area contributed by atoms with E-state index in [4.69, 9.17) is 4.74 Å². The van der Waals surface area contributed by atoms with E-state index in [1.807, 2.05) is 6.07 Å². The number of rotatable bonds is 3. The van der Waals surface area contributed by atoms with Gasteiger partial charge in [-0.2, -0.15) is 13.2 Å². The third-order valence-corrected chi connectivity index (χ3v) is 4.92. The number of alkyl halides is 3. The fourth-order valence-corrected chi connectivity index (χ4v) is 3.39. The largest absolute Gasteiger partial charge is 0.452 e. The highest BCUT2D eigenvalue weighted by molar-refractivity contribution is 9.10. The summed E-state index contributed by atoms with van der Waals surface area (Å²) in [5.74, 6) is -2.85. The zero-order valence-electron chi connectivity index (χ0n) is 13.6. The van der Waals surface area contributed by atoms with Crippen molar-refractivity contribution in [1.82, 2.24) is 9.88 Å². The molecule has 1 fully saturated rings. The first-order chi connectivity index (χ1) is 12.3. The third kappa shape index (κ3) is 4.03. The van der Waals surface area contributed by atoms with E-state index in [9.17, 15) is 22.8 Å². The molecule has 0 bridgehead atoms. The van der Waals surface area contributed by atoms with Crippen molar-refractivity contribution in [2.75, 3.05) is 19.7 Å². The van der Waals surface area contributed by atoms with E-state index in [1.165, 1.54) is 6.20 Å². The molecule has 140 valence electrons. The monoisotopic (exact) mass is 432 g/mol. The molecule has 1 aliphatic rings. The fourth-order valence-electron chi connectivity index (χ4n) is 3.03. The molecule has 0 aliphatic carbocycles. The molecule has 1 aromatic carbocycles. The average Bonchev–Trinajstić information content (AvgIpc) is 3.01. The van der Waals surface area contributed by atoms with Crippen molar-refractivity contribution in [2.24, 2.45) is 5.92 Å². The van der Waals surface area contributed by atoms with Crippen molar-refractivity contribution in [3.8, 4) is 0 Å². The van der Waals surface area contributed by atoms with Gasteiger partial charge in [-0.25, -0.2) is 4.79 Å². The van der Waals surface area contributed by atoms with E-state index in [2.05, 4.69) is 20.9 Å². The van der Waals surface area contributed by atoms with Gasteiger partial charge in [-0.1, -0.05) is 15.9 Å². The zero-order chi connectivity index (χ0) is 18.9. The Hall–Kier alpha value is -2.03. The first-order valence-electron chi connectivity index (χ1n) is 8.04. The number of aromatic nitrogens is 1. The van der Waals surface area contributed by atoms with Crippen molar-refractivity contribution < 1.29 is 27.5 Å². The van der Waals surface area contributed by atoms with Crippen molar-refractivity contribution in [3.63, 3.8) is 0 Å². The number of carbonyl (C=O) groups excluding carboxylic acids is 2. The van der Waals surface area contributed by atoms with E-state index in [-0.39, 0.29) is 31.5 Å². The van der Waals surface area contributed by atoms with Crippen molar-refractivity contribution in [1.29, 1.82) is 0 Å². The number of halogens is 4. The Morgan fingerprint density at radius 2 is 2.12 bits per heavy atom. The Kier molecular flexibility index (Phi) is 5.27. The normalized spacial score (nSPS) is 18.2. The molecule has 1 atom stereocenters. The first-order valence-corrected chi connectivity index (χ1v) is 8.83. The molecule has 1 aromatic heterocycles. The highest BCUT2D eigenvalue weighted by Crippen LogP contribution is 2.33. The summed E-state index contributed by atoms with van der Waals surface area (Å²) >= 11 is 3.32. The Morgan fingerprint density at radius 1 is 1.35 bits per heavy atom. The van der Waals surface area contributed by atoms with Gasteiger partial charge in [-0.05, 0) is 31.0 Å². The SMILES string of the molecule is O=C(OCC(=O)N1CCC[C@@H](C(F)(F)F)C1)c1c[nH]c2ccc(Br)cc12. The lowest BCUT2D eigenvalue weighted by atomic mass is 9.97. The number of benzene rings is 1. The fraction of sp³-hybridized carbons (Fsp3) is 0.412. The number of esters is 1. The number of carbonyl (C=O) groups is 2. The molecule has 5 nitrogen and oxygen atoms in total. The van der Waals surface area contributed by atoms with E-state index in [0.29, 0.717) is 5.39 Å². The predicted molar refractivity (Wildman–Crippen MR) is 91.6 cm³/mol. The van der Waals surface area contributed by atoms with E-state index in [1.54, 1.807) is 12.1 Å². The van der Waals surface area contributed by atoms with Crippen molar-refractivity contribution in [3.05, 3.63) is 34.4 Å². The maximum absolute atomic E-state index is 12.8. The summed E-state index contributed by atoms with van der Waals surface area (Å²) in [5.41, 5.74) is 0.997. The standard InChI is InChI=1S/C17H16BrF3N2O3/c18-11-3-4-14-12(6-11)13(7-22-14)16(25)26-9-15(24)23-5-1-2-10(8-23)17(19,20)21/h3-4,6-7,10,22H,1-2,5,8-9H2/t10-/m1/s1. The number of aromatic amines is 1. The van der Waals surface area contributed by atoms with Crippen LogP contribution in [0.1, 0.15) is 23.2 Å². The van der Waals surface area contributed by atoms with Crippen LogP contribution in [0.3, 0.4) is 0 Å². The van der Waals surface area contributed by atoms with Crippen LogP contribution in [0.25, 0.3) is 10.9 Å². The Balaban J connectivity index is 1.62.